The lowest BCUT2D eigenvalue weighted by atomic mass is 10.1. The maximum absolute atomic E-state index is 14.3. The topological polar surface area (TPSA) is 102 Å². The molecule has 2 aromatic carbocycles. The summed E-state index contributed by atoms with van der Waals surface area (Å²) in [6.07, 6.45) is 5.14. The molecule has 0 spiro atoms. The third kappa shape index (κ3) is 5.30. The van der Waals surface area contributed by atoms with Crippen LogP contribution in [0.5, 0.6) is 0 Å². The molecule has 212 valence electrons. The normalized spacial score (nSPS) is 15.2. The second-order valence-corrected chi connectivity index (χ2v) is 10.7. The Labute approximate surface area is 244 Å². The van der Waals surface area contributed by atoms with Crippen LogP contribution in [0.4, 0.5) is 5.82 Å². The summed E-state index contributed by atoms with van der Waals surface area (Å²) >= 11 is 0. The van der Waals surface area contributed by atoms with Crippen LogP contribution in [-0.4, -0.2) is 63.1 Å². The predicted octanol–water partition coefficient (Wildman–Crippen LogP) is 3.89. The molecule has 1 fully saturated rings. The van der Waals surface area contributed by atoms with E-state index >= 15 is 0 Å². The van der Waals surface area contributed by atoms with Crippen molar-refractivity contribution < 1.29 is 4.79 Å². The summed E-state index contributed by atoms with van der Waals surface area (Å²) in [5.41, 5.74) is 9.26. The zero-order valence-corrected chi connectivity index (χ0v) is 24.1. The predicted molar refractivity (Wildman–Crippen MR) is 165 cm³/mol. The number of hydrogen-bond donors (Lipinski definition) is 1. The van der Waals surface area contributed by atoms with Gasteiger partial charge in [0.2, 0.25) is 0 Å². The maximum Gasteiger partial charge on any atom is 0.278 e. The molecule has 1 saturated heterocycles. The first-order chi connectivity index (χ1) is 19.4. The average Bonchev–Trinajstić information content (AvgIpc) is 3.29. The fourth-order valence-corrected chi connectivity index (χ4v) is 5.71. The molecule has 9 nitrogen and oxygen atoms in total. The number of piperidine rings is 1. The van der Waals surface area contributed by atoms with Gasteiger partial charge in [-0.15, -0.1) is 12.4 Å². The van der Waals surface area contributed by atoms with Gasteiger partial charge >= 0.3 is 0 Å². The minimum absolute atomic E-state index is 0. The van der Waals surface area contributed by atoms with Gasteiger partial charge in [-0.2, -0.15) is 0 Å². The van der Waals surface area contributed by atoms with Crippen LogP contribution >= 0.6 is 12.4 Å². The van der Waals surface area contributed by atoms with E-state index in [1.165, 1.54) is 0 Å². The van der Waals surface area contributed by atoms with Crippen molar-refractivity contribution in [3.05, 3.63) is 100 Å². The molecule has 0 unspecified atom stereocenters. The minimum atomic E-state index is -0.212. The molecule has 1 aliphatic rings. The Kier molecular flexibility index (Phi) is 8.10. The summed E-state index contributed by atoms with van der Waals surface area (Å²) in [6.45, 7) is 2.04. The fourth-order valence-electron chi connectivity index (χ4n) is 5.71. The standard InChI is InChI=1S/C31H33N7O2.ClH/c1-35(2)30(39)26-27-28(31(40)37(20-34-27)19-25-24-13-7-6-11-22(24)14-15-33-25)38(17-21-9-4-3-5-10-21)29(26)36-16-8-12-23(32)18-36;/h3-7,9-11,13-15,20,23H,8,12,16-19,32H2,1-2H3;1H/t23-;/m0./s1. The zero-order chi connectivity index (χ0) is 27.8. The number of nitrogens with two attached hydrogens (primary N) is 1. The number of aromatic nitrogens is 4. The van der Waals surface area contributed by atoms with Crippen LogP contribution in [-0.2, 0) is 13.1 Å². The van der Waals surface area contributed by atoms with Crippen LogP contribution in [0.3, 0.4) is 0 Å². The number of anilines is 1. The summed E-state index contributed by atoms with van der Waals surface area (Å²) in [4.78, 5) is 41.1. The van der Waals surface area contributed by atoms with Crippen molar-refractivity contribution in [1.29, 1.82) is 0 Å². The summed E-state index contributed by atoms with van der Waals surface area (Å²) in [5.74, 6) is 0.518. The van der Waals surface area contributed by atoms with Crippen molar-refractivity contribution in [1.82, 2.24) is 24.0 Å². The van der Waals surface area contributed by atoms with E-state index in [0.717, 1.165) is 41.4 Å². The van der Waals surface area contributed by atoms with Crippen LogP contribution < -0.4 is 16.2 Å². The van der Waals surface area contributed by atoms with Crippen molar-refractivity contribution in [2.24, 2.45) is 5.73 Å². The van der Waals surface area contributed by atoms with Gasteiger partial charge in [0.05, 0.1) is 18.6 Å². The van der Waals surface area contributed by atoms with Gasteiger partial charge in [-0.25, -0.2) is 4.98 Å². The summed E-state index contributed by atoms with van der Waals surface area (Å²) in [5, 5.41) is 2.05. The van der Waals surface area contributed by atoms with Crippen LogP contribution in [0.1, 0.15) is 34.5 Å². The number of carbonyl (C=O) groups excluding carboxylic acids is 1. The molecule has 0 radical (unpaired) electrons. The van der Waals surface area contributed by atoms with Gasteiger partial charge in [-0.1, -0.05) is 54.6 Å². The second kappa shape index (κ2) is 11.7. The first-order valence-electron chi connectivity index (χ1n) is 13.6. The number of rotatable bonds is 6. The average molecular weight is 572 g/mol. The number of halogens is 1. The quantitative estimate of drug-likeness (QED) is 0.332. The molecule has 5 aromatic rings. The highest BCUT2D eigenvalue weighted by molar-refractivity contribution is 6.10. The van der Waals surface area contributed by atoms with E-state index in [-0.39, 0.29) is 36.5 Å². The van der Waals surface area contributed by atoms with E-state index in [2.05, 4.69) is 9.88 Å². The highest BCUT2D eigenvalue weighted by Crippen LogP contribution is 2.34. The van der Waals surface area contributed by atoms with E-state index in [1.807, 2.05) is 65.2 Å². The van der Waals surface area contributed by atoms with Gasteiger partial charge in [0.15, 0.2) is 0 Å². The summed E-state index contributed by atoms with van der Waals surface area (Å²) < 4.78 is 3.57. The second-order valence-electron chi connectivity index (χ2n) is 10.7. The van der Waals surface area contributed by atoms with E-state index < -0.39 is 0 Å². The first-order valence-corrected chi connectivity index (χ1v) is 13.6. The molecule has 3 aromatic heterocycles. The number of pyridine rings is 1. The number of nitrogens with zero attached hydrogens (tertiary/aromatic N) is 6. The largest absolute Gasteiger partial charge is 0.356 e. The third-order valence-electron chi connectivity index (χ3n) is 7.64. The fraction of sp³-hybridized carbons (Fsp3) is 0.290. The van der Waals surface area contributed by atoms with Crippen molar-refractivity contribution >= 4 is 45.9 Å². The highest BCUT2D eigenvalue weighted by Gasteiger charge is 2.32. The lowest BCUT2D eigenvalue weighted by molar-refractivity contribution is 0.0829. The van der Waals surface area contributed by atoms with Crippen LogP contribution in [0.25, 0.3) is 21.8 Å². The van der Waals surface area contributed by atoms with Crippen LogP contribution in [0.15, 0.2) is 78.0 Å². The van der Waals surface area contributed by atoms with Gasteiger partial charge in [0, 0.05) is 51.4 Å². The van der Waals surface area contributed by atoms with Crippen molar-refractivity contribution in [2.75, 3.05) is 32.1 Å². The van der Waals surface area contributed by atoms with Crippen molar-refractivity contribution in [2.45, 2.75) is 32.0 Å². The highest BCUT2D eigenvalue weighted by atomic mass is 35.5. The molecule has 2 N–H and O–H groups in total. The summed E-state index contributed by atoms with van der Waals surface area (Å²) in [6, 6.07) is 19.9. The van der Waals surface area contributed by atoms with Gasteiger partial charge in [0.25, 0.3) is 11.5 Å². The Hall–Kier alpha value is -4.21. The van der Waals surface area contributed by atoms with E-state index in [1.54, 1.807) is 36.1 Å². The number of fused-ring (bicyclic) bond motifs is 2. The lowest BCUT2D eigenvalue weighted by Crippen LogP contribution is -2.44. The molecular weight excluding hydrogens is 538 g/mol. The number of carbonyl (C=O) groups is 1. The zero-order valence-electron chi connectivity index (χ0n) is 23.2. The molecule has 6 rings (SSSR count). The van der Waals surface area contributed by atoms with Gasteiger partial charge in [-0.05, 0) is 29.9 Å². The lowest BCUT2D eigenvalue weighted by Gasteiger charge is -2.34. The SMILES string of the molecule is CN(C)C(=O)c1c(N2CCC[C@H](N)C2)n(Cc2ccccc2)c2c(=O)n(Cc3nccc4ccccc34)cnc12.Cl. The number of amides is 1. The number of hydrogen-bond acceptors (Lipinski definition) is 6. The Balaban J connectivity index is 0.00000337. The molecule has 10 heteroatoms. The molecule has 4 heterocycles. The van der Waals surface area contributed by atoms with Crippen molar-refractivity contribution in [3.8, 4) is 0 Å². The molecule has 1 atom stereocenters. The monoisotopic (exact) mass is 571 g/mol. The smallest absolute Gasteiger partial charge is 0.278 e. The molecule has 0 bridgehead atoms. The van der Waals surface area contributed by atoms with Gasteiger partial charge in [0.1, 0.15) is 22.4 Å². The molecule has 1 aliphatic heterocycles. The minimum Gasteiger partial charge on any atom is -0.356 e. The van der Waals surface area contributed by atoms with E-state index in [0.29, 0.717) is 35.5 Å². The molecule has 0 aliphatic carbocycles. The van der Waals surface area contributed by atoms with E-state index in [9.17, 15) is 9.59 Å². The molecule has 1 amide bonds. The Bertz CT molecular complexity index is 1760. The summed E-state index contributed by atoms with van der Waals surface area (Å²) in [7, 11) is 3.45. The Morgan fingerprint density at radius 1 is 1.02 bits per heavy atom. The van der Waals surface area contributed by atoms with Crippen molar-refractivity contribution in [3.63, 3.8) is 0 Å². The Morgan fingerprint density at radius 2 is 1.78 bits per heavy atom. The maximum atomic E-state index is 14.3. The number of benzene rings is 2. The van der Waals surface area contributed by atoms with Crippen LogP contribution in [0.2, 0.25) is 0 Å². The van der Waals surface area contributed by atoms with Gasteiger partial charge in [-0.3, -0.25) is 19.1 Å². The first kappa shape index (κ1) is 28.3. The molecular formula is C31H34ClN7O2. The molecule has 41 heavy (non-hydrogen) atoms. The Morgan fingerprint density at radius 3 is 2.54 bits per heavy atom. The molecule has 0 saturated carbocycles. The third-order valence-corrected chi connectivity index (χ3v) is 7.64. The van der Waals surface area contributed by atoms with Gasteiger partial charge < -0.3 is 20.1 Å². The van der Waals surface area contributed by atoms with Crippen LogP contribution in [0, 0.1) is 0 Å². The van der Waals surface area contributed by atoms with E-state index in [4.69, 9.17) is 10.7 Å².